The van der Waals surface area contributed by atoms with Gasteiger partial charge in [-0.2, -0.15) is 4.39 Å². The first kappa shape index (κ1) is 17.2. The van der Waals surface area contributed by atoms with Gasteiger partial charge in [-0.05, 0) is 49.2 Å². The van der Waals surface area contributed by atoms with E-state index in [1.165, 1.54) is 12.1 Å². The summed E-state index contributed by atoms with van der Waals surface area (Å²) in [6.45, 7) is 3.23. The van der Waals surface area contributed by atoms with Crippen molar-refractivity contribution in [3.63, 3.8) is 0 Å². The lowest BCUT2D eigenvalue weighted by Gasteiger charge is -2.12. The molecule has 0 saturated heterocycles. The van der Waals surface area contributed by atoms with Crippen molar-refractivity contribution in [1.29, 1.82) is 0 Å². The molecule has 0 aliphatic heterocycles. The minimum Gasteiger partial charge on any atom is -0.279 e. The number of nitrogens with one attached hydrogen (secondary N) is 1. The van der Waals surface area contributed by atoms with E-state index in [4.69, 9.17) is 11.6 Å². The van der Waals surface area contributed by atoms with E-state index in [9.17, 15) is 22.9 Å². The van der Waals surface area contributed by atoms with Crippen LogP contribution in [0.5, 0.6) is 0 Å². The summed E-state index contributed by atoms with van der Waals surface area (Å²) in [5.74, 6) is -1.04. The van der Waals surface area contributed by atoms with Gasteiger partial charge in [0.1, 0.15) is 0 Å². The number of nitro groups is 1. The average Bonchev–Trinajstić information content (AvgIpc) is 2.44. The summed E-state index contributed by atoms with van der Waals surface area (Å²) in [6.07, 6.45) is 0. The smallest absolute Gasteiger partial charge is 0.279 e. The van der Waals surface area contributed by atoms with E-state index in [0.717, 1.165) is 18.2 Å². The van der Waals surface area contributed by atoms with Gasteiger partial charge >= 0.3 is 5.69 Å². The van der Waals surface area contributed by atoms with E-state index in [1.807, 2.05) is 0 Å². The normalized spacial score (nSPS) is 11.3. The second-order valence-corrected chi connectivity index (χ2v) is 6.95. The highest BCUT2D eigenvalue weighted by Crippen LogP contribution is 2.27. The Morgan fingerprint density at radius 1 is 1.17 bits per heavy atom. The molecule has 0 atom stereocenters. The third-order valence-electron chi connectivity index (χ3n) is 3.14. The van der Waals surface area contributed by atoms with Gasteiger partial charge < -0.3 is 0 Å². The van der Waals surface area contributed by atoms with Crippen molar-refractivity contribution >= 4 is 33.0 Å². The van der Waals surface area contributed by atoms with Crippen LogP contribution >= 0.6 is 11.6 Å². The van der Waals surface area contributed by atoms with E-state index < -0.39 is 26.5 Å². The van der Waals surface area contributed by atoms with Crippen LogP contribution in [0.25, 0.3) is 0 Å². The second kappa shape index (κ2) is 6.13. The zero-order valence-corrected chi connectivity index (χ0v) is 13.7. The van der Waals surface area contributed by atoms with Crippen molar-refractivity contribution in [2.24, 2.45) is 0 Å². The number of benzene rings is 2. The molecule has 0 aromatic heterocycles. The third kappa shape index (κ3) is 3.59. The minimum absolute atomic E-state index is 0.00798. The molecule has 122 valence electrons. The number of halogens is 2. The molecule has 2 aromatic carbocycles. The molecular weight excluding hydrogens is 347 g/mol. The minimum atomic E-state index is -3.99. The first-order chi connectivity index (χ1) is 10.6. The van der Waals surface area contributed by atoms with Crippen molar-refractivity contribution < 1.29 is 17.7 Å². The maximum absolute atomic E-state index is 13.3. The molecule has 0 aliphatic rings. The largest absolute Gasteiger partial charge is 0.306 e. The molecule has 2 rings (SSSR count). The van der Waals surface area contributed by atoms with Crippen LogP contribution in [-0.4, -0.2) is 13.3 Å². The van der Waals surface area contributed by atoms with Crippen molar-refractivity contribution in [2.45, 2.75) is 18.7 Å². The fraction of sp³-hybridized carbons (Fsp3) is 0.143. The van der Waals surface area contributed by atoms with Gasteiger partial charge in [0.05, 0.1) is 15.5 Å². The monoisotopic (exact) mass is 358 g/mol. The lowest BCUT2D eigenvalue weighted by Crippen LogP contribution is -2.15. The number of nitrogens with zero attached hydrogens (tertiary/aromatic N) is 1. The number of hydrogen-bond acceptors (Lipinski definition) is 4. The molecule has 2 aromatic rings. The summed E-state index contributed by atoms with van der Waals surface area (Å²) in [4.78, 5) is 9.79. The SMILES string of the molecule is Cc1cc(S(=O)(=O)Nc2ccc(F)c([N+](=O)[O-])c2)c(C)cc1Cl. The van der Waals surface area contributed by atoms with Gasteiger partial charge in [0.2, 0.25) is 5.82 Å². The molecule has 0 heterocycles. The maximum atomic E-state index is 13.3. The molecular formula is C14H12ClFN2O4S. The molecule has 0 saturated carbocycles. The van der Waals surface area contributed by atoms with E-state index in [-0.39, 0.29) is 10.6 Å². The lowest BCUT2D eigenvalue weighted by molar-refractivity contribution is -0.387. The molecule has 6 nitrogen and oxygen atoms in total. The molecule has 0 spiro atoms. The van der Waals surface area contributed by atoms with Crippen LogP contribution in [0.3, 0.4) is 0 Å². The number of anilines is 1. The molecule has 0 radical (unpaired) electrons. The molecule has 0 fully saturated rings. The molecule has 0 amide bonds. The summed E-state index contributed by atoms with van der Waals surface area (Å²) in [5, 5.41) is 11.1. The number of sulfonamides is 1. The van der Waals surface area contributed by atoms with Crippen molar-refractivity contribution in [1.82, 2.24) is 0 Å². The van der Waals surface area contributed by atoms with Crippen molar-refractivity contribution in [3.05, 3.63) is 62.4 Å². The lowest BCUT2D eigenvalue weighted by atomic mass is 10.2. The van der Waals surface area contributed by atoms with Crippen LogP contribution in [-0.2, 0) is 10.0 Å². The standard InChI is InChI=1S/C14H12ClFN2O4S/c1-8-6-14(9(2)5-11(8)15)23(21,22)17-10-3-4-12(16)13(7-10)18(19)20/h3-7,17H,1-2H3. The Balaban J connectivity index is 2.45. The number of nitro benzene ring substituents is 1. The fourth-order valence-electron chi connectivity index (χ4n) is 1.97. The van der Waals surface area contributed by atoms with Gasteiger partial charge in [-0.3, -0.25) is 14.8 Å². The maximum Gasteiger partial charge on any atom is 0.306 e. The second-order valence-electron chi connectivity index (χ2n) is 4.90. The summed E-state index contributed by atoms with van der Waals surface area (Å²) < 4.78 is 40.4. The number of aryl methyl sites for hydroxylation is 2. The van der Waals surface area contributed by atoms with Crippen LogP contribution in [0.1, 0.15) is 11.1 Å². The van der Waals surface area contributed by atoms with Crippen molar-refractivity contribution in [3.8, 4) is 0 Å². The molecule has 23 heavy (non-hydrogen) atoms. The third-order valence-corrected chi connectivity index (χ3v) is 5.07. The highest BCUT2D eigenvalue weighted by molar-refractivity contribution is 7.92. The Morgan fingerprint density at radius 3 is 2.43 bits per heavy atom. The first-order valence-corrected chi connectivity index (χ1v) is 8.21. The van der Waals surface area contributed by atoms with Gasteiger partial charge in [-0.15, -0.1) is 0 Å². The van der Waals surface area contributed by atoms with Crippen LogP contribution in [0.4, 0.5) is 15.8 Å². The summed E-state index contributed by atoms with van der Waals surface area (Å²) in [6, 6.07) is 5.68. The average molecular weight is 359 g/mol. The van der Waals surface area contributed by atoms with E-state index in [2.05, 4.69) is 4.72 Å². The van der Waals surface area contributed by atoms with Crippen LogP contribution < -0.4 is 4.72 Å². The Labute approximate surface area is 137 Å². The van der Waals surface area contributed by atoms with Crippen LogP contribution in [0.2, 0.25) is 5.02 Å². The Hall–Kier alpha value is -2.19. The zero-order valence-electron chi connectivity index (χ0n) is 12.1. The van der Waals surface area contributed by atoms with Crippen LogP contribution in [0.15, 0.2) is 35.2 Å². The summed E-state index contributed by atoms with van der Waals surface area (Å²) in [7, 11) is -3.99. The Bertz CT molecular complexity index is 900. The first-order valence-electron chi connectivity index (χ1n) is 6.35. The van der Waals surface area contributed by atoms with Gasteiger partial charge in [0, 0.05) is 11.1 Å². The molecule has 0 aliphatic carbocycles. The predicted molar refractivity (Wildman–Crippen MR) is 84.8 cm³/mol. The summed E-state index contributed by atoms with van der Waals surface area (Å²) in [5.41, 5.74) is 0.0757. The predicted octanol–water partition coefficient (Wildman–Crippen LogP) is 3.80. The number of hydrogen-bond donors (Lipinski definition) is 1. The van der Waals surface area contributed by atoms with Crippen LogP contribution in [0, 0.1) is 29.8 Å². The highest BCUT2D eigenvalue weighted by Gasteiger charge is 2.21. The molecule has 1 N–H and O–H groups in total. The van der Waals surface area contributed by atoms with Gasteiger partial charge in [-0.25, -0.2) is 8.42 Å². The summed E-state index contributed by atoms with van der Waals surface area (Å²) >= 11 is 5.94. The van der Waals surface area contributed by atoms with Gasteiger partial charge in [-0.1, -0.05) is 11.6 Å². The quantitative estimate of drug-likeness (QED) is 0.664. The van der Waals surface area contributed by atoms with E-state index in [0.29, 0.717) is 16.1 Å². The molecule has 0 bridgehead atoms. The molecule has 9 heteroatoms. The van der Waals surface area contributed by atoms with E-state index in [1.54, 1.807) is 13.8 Å². The van der Waals surface area contributed by atoms with Gasteiger partial charge in [0.15, 0.2) is 0 Å². The zero-order chi connectivity index (χ0) is 17.4. The van der Waals surface area contributed by atoms with E-state index >= 15 is 0 Å². The van der Waals surface area contributed by atoms with Crippen molar-refractivity contribution in [2.75, 3.05) is 4.72 Å². The highest BCUT2D eigenvalue weighted by atomic mass is 35.5. The number of rotatable bonds is 4. The molecule has 0 unspecified atom stereocenters. The van der Waals surface area contributed by atoms with Gasteiger partial charge in [0.25, 0.3) is 10.0 Å². The Morgan fingerprint density at radius 2 is 1.83 bits per heavy atom. The topological polar surface area (TPSA) is 89.3 Å². The fourth-order valence-corrected chi connectivity index (χ4v) is 3.55. The Kier molecular flexibility index (Phi) is 4.58.